The number of urea groups is 1. The van der Waals surface area contributed by atoms with E-state index in [0.29, 0.717) is 41.6 Å². The molecule has 15 heteroatoms. The molecule has 0 spiro atoms. The molecule has 1 aromatic carbocycles. The van der Waals surface area contributed by atoms with Crippen molar-refractivity contribution < 1.29 is 40.6 Å². The second-order valence-electron chi connectivity index (χ2n) is 10.00. The number of aliphatic hydroxyl groups is 1. The summed E-state index contributed by atoms with van der Waals surface area (Å²) < 4.78 is 94.3. The normalized spacial score (nSPS) is 20.9. The molecular weight excluding hydrogens is 537 g/mol. The van der Waals surface area contributed by atoms with Crippen molar-refractivity contribution in [2.45, 2.75) is 36.7 Å². The summed E-state index contributed by atoms with van der Waals surface area (Å²) in [5, 5.41) is 18.4. The lowest BCUT2D eigenvalue weighted by molar-refractivity contribution is -0.142. The zero-order valence-corrected chi connectivity index (χ0v) is 20.2. The van der Waals surface area contributed by atoms with Gasteiger partial charge >= 0.3 is 18.4 Å². The van der Waals surface area contributed by atoms with E-state index in [0.717, 1.165) is 0 Å². The molecule has 2 aromatic heterocycles. The fraction of sp³-hybridized carbons (Fsp3) is 0.458. The third kappa shape index (κ3) is 5.44. The van der Waals surface area contributed by atoms with Crippen LogP contribution in [0.25, 0.3) is 5.65 Å². The minimum Gasteiger partial charge on any atom is -0.393 e. The van der Waals surface area contributed by atoms with Gasteiger partial charge in [0.1, 0.15) is 11.6 Å². The Kier molecular flexibility index (Phi) is 6.59. The Morgan fingerprint density at radius 1 is 1.03 bits per heavy atom. The number of hydrogen-bond donors (Lipinski definition) is 3. The zero-order valence-electron chi connectivity index (χ0n) is 20.2. The third-order valence-corrected chi connectivity index (χ3v) is 7.10. The largest absolute Gasteiger partial charge is 0.435 e. The summed E-state index contributed by atoms with van der Waals surface area (Å²) in [7, 11) is 0. The van der Waals surface area contributed by atoms with Gasteiger partial charge in [-0.25, -0.2) is 14.2 Å². The van der Waals surface area contributed by atoms with E-state index in [-0.39, 0.29) is 43.5 Å². The molecule has 3 aromatic rings. The Morgan fingerprint density at radius 3 is 2.26 bits per heavy atom. The monoisotopic (exact) mass is 560 g/mol. The average Bonchev–Trinajstić information content (AvgIpc) is 3.26. The molecule has 3 N–H and O–H groups in total. The van der Waals surface area contributed by atoms with Crippen LogP contribution in [-0.2, 0) is 17.8 Å². The number of aromatic nitrogens is 3. The molecule has 0 unspecified atom stereocenters. The number of nitrogens with zero attached hydrogens (tertiary/aromatic N) is 4. The van der Waals surface area contributed by atoms with Gasteiger partial charge in [0, 0.05) is 43.7 Å². The van der Waals surface area contributed by atoms with E-state index in [2.05, 4.69) is 20.7 Å². The average molecular weight is 560 g/mol. The first kappa shape index (κ1) is 27.0. The lowest BCUT2D eigenvalue weighted by Gasteiger charge is -2.50. The van der Waals surface area contributed by atoms with Crippen molar-refractivity contribution in [1.82, 2.24) is 24.8 Å². The van der Waals surface area contributed by atoms with E-state index in [9.17, 15) is 40.6 Å². The number of carbonyl (C=O) groups is 1. The predicted octanol–water partition coefficient (Wildman–Crippen LogP) is 4.05. The summed E-state index contributed by atoms with van der Waals surface area (Å²) in [6.07, 6.45) is -9.02. The molecule has 0 bridgehead atoms. The SMILES string of the molecule is O=C(NCC1CC(O)C1)N1CC(CNc2cc(C(F)(F)F)nc3cc(C(F)(F)F)nn23)(c2ccc(F)cc2)C1. The number of carbonyl (C=O) groups excluding carboxylic acids is 1. The number of halogens is 7. The van der Waals surface area contributed by atoms with Gasteiger partial charge in [0.25, 0.3) is 0 Å². The standard InChI is InChI=1S/C24H23F7N6O2/c25-15-3-1-14(2-4-15)22(11-36(12-22)21(39)32-9-13-5-16(38)6-13)10-33-19-7-17(23(26,27)28)34-20-8-18(24(29,30)31)35-37(19)20/h1-4,7-8,13,16,33,38H,5-6,9-12H2,(H,32,39). The van der Waals surface area contributed by atoms with Gasteiger partial charge in [-0.3, -0.25) is 0 Å². The van der Waals surface area contributed by atoms with E-state index >= 15 is 0 Å². The molecule has 5 rings (SSSR count). The number of likely N-dealkylation sites (tertiary alicyclic amines) is 1. The number of alkyl halides is 6. The first-order valence-electron chi connectivity index (χ1n) is 12.0. The Labute approximate surface area is 216 Å². The summed E-state index contributed by atoms with van der Waals surface area (Å²) in [6, 6.07) is 6.00. The van der Waals surface area contributed by atoms with Gasteiger partial charge in [0.15, 0.2) is 17.0 Å². The molecule has 1 aliphatic carbocycles. The van der Waals surface area contributed by atoms with Gasteiger partial charge in [0.2, 0.25) is 0 Å². The molecule has 0 radical (unpaired) electrons. The molecule has 3 heterocycles. The molecule has 8 nitrogen and oxygen atoms in total. The van der Waals surface area contributed by atoms with E-state index in [1.54, 1.807) is 0 Å². The van der Waals surface area contributed by atoms with E-state index < -0.39 is 40.6 Å². The number of benzene rings is 1. The van der Waals surface area contributed by atoms with E-state index in [1.165, 1.54) is 29.2 Å². The Hall–Kier alpha value is -3.62. The third-order valence-electron chi connectivity index (χ3n) is 7.10. The first-order valence-corrected chi connectivity index (χ1v) is 12.0. The Bertz CT molecular complexity index is 1360. The molecule has 1 aliphatic heterocycles. The van der Waals surface area contributed by atoms with Crippen molar-refractivity contribution >= 4 is 17.5 Å². The highest BCUT2D eigenvalue weighted by Crippen LogP contribution is 2.37. The highest BCUT2D eigenvalue weighted by atomic mass is 19.4. The van der Waals surface area contributed by atoms with Crippen LogP contribution in [0.1, 0.15) is 29.8 Å². The van der Waals surface area contributed by atoms with Gasteiger partial charge in [0.05, 0.1) is 6.10 Å². The van der Waals surface area contributed by atoms with Crippen LogP contribution in [0.15, 0.2) is 36.4 Å². The number of fused-ring (bicyclic) bond motifs is 1. The molecule has 1 saturated heterocycles. The molecule has 39 heavy (non-hydrogen) atoms. The van der Waals surface area contributed by atoms with Crippen molar-refractivity contribution in [3.05, 3.63) is 59.2 Å². The first-order chi connectivity index (χ1) is 18.2. The fourth-order valence-corrected chi connectivity index (χ4v) is 4.88. The van der Waals surface area contributed by atoms with Gasteiger partial charge < -0.3 is 20.6 Å². The van der Waals surface area contributed by atoms with Crippen LogP contribution in [0.4, 0.5) is 41.3 Å². The van der Waals surface area contributed by atoms with Crippen LogP contribution in [0.3, 0.4) is 0 Å². The summed E-state index contributed by atoms with van der Waals surface area (Å²) in [6.45, 7) is 0.495. The van der Waals surface area contributed by atoms with Crippen LogP contribution in [0.5, 0.6) is 0 Å². The lowest BCUT2D eigenvalue weighted by Crippen LogP contribution is -2.66. The second-order valence-corrected chi connectivity index (χ2v) is 10.00. The van der Waals surface area contributed by atoms with Crippen LogP contribution in [0, 0.1) is 11.7 Å². The fourth-order valence-electron chi connectivity index (χ4n) is 4.88. The Balaban J connectivity index is 1.39. The van der Waals surface area contributed by atoms with Crippen molar-refractivity contribution in [1.29, 1.82) is 0 Å². The predicted molar refractivity (Wildman–Crippen MR) is 123 cm³/mol. The highest BCUT2D eigenvalue weighted by Gasteiger charge is 2.47. The van der Waals surface area contributed by atoms with E-state index in [4.69, 9.17) is 0 Å². The minimum atomic E-state index is -4.93. The van der Waals surface area contributed by atoms with Gasteiger partial charge in [-0.1, -0.05) is 12.1 Å². The Morgan fingerprint density at radius 2 is 1.67 bits per heavy atom. The quantitative estimate of drug-likeness (QED) is 0.396. The molecule has 0 atom stereocenters. The zero-order chi connectivity index (χ0) is 28.2. The molecule has 1 saturated carbocycles. The smallest absolute Gasteiger partial charge is 0.393 e. The second kappa shape index (κ2) is 9.54. The maximum atomic E-state index is 13.6. The number of aliphatic hydroxyl groups excluding tert-OH is 1. The number of amides is 2. The van der Waals surface area contributed by atoms with Crippen molar-refractivity contribution in [3.8, 4) is 0 Å². The minimum absolute atomic E-state index is 0.102. The van der Waals surface area contributed by atoms with Gasteiger partial charge in [-0.15, -0.1) is 0 Å². The highest BCUT2D eigenvalue weighted by molar-refractivity contribution is 5.76. The lowest BCUT2D eigenvalue weighted by atomic mass is 9.73. The topological polar surface area (TPSA) is 94.8 Å². The summed E-state index contributed by atoms with van der Waals surface area (Å²) in [4.78, 5) is 17.4. The van der Waals surface area contributed by atoms with Crippen molar-refractivity contribution in [2.75, 3.05) is 31.5 Å². The molecule has 2 fully saturated rings. The summed E-state index contributed by atoms with van der Waals surface area (Å²) >= 11 is 0. The summed E-state index contributed by atoms with van der Waals surface area (Å²) in [5.41, 5.74) is -3.76. The maximum Gasteiger partial charge on any atom is 0.435 e. The van der Waals surface area contributed by atoms with Crippen LogP contribution in [-0.4, -0.2) is 62.9 Å². The summed E-state index contributed by atoms with van der Waals surface area (Å²) in [5.74, 6) is -0.725. The van der Waals surface area contributed by atoms with Crippen LogP contribution >= 0.6 is 0 Å². The van der Waals surface area contributed by atoms with Crippen LogP contribution < -0.4 is 10.6 Å². The number of hydrogen-bond acceptors (Lipinski definition) is 5. The number of nitrogens with one attached hydrogen (secondary N) is 2. The molecular formula is C24H23F7N6O2. The number of anilines is 1. The van der Waals surface area contributed by atoms with Crippen LogP contribution in [0.2, 0.25) is 0 Å². The van der Waals surface area contributed by atoms with Crippen molar-refractivity contribution in [2.24, 2.45) is 5.92 Å². The molecule has 2 amide bonds. The van der Waals surface area contributed by atoms with Gasteiger partial charge in [-0.05, 0) is 36.5 Å². The van der Waals surface area contributed by atoms with Crippen molar-refractivity contribution in [3.63, 3.8) is 0 Å². The molecule has 2 aliphatic rings. The number of rotatable bonds is 6. The molecule has 210 valence electrons. The van der Waals surface area contributed by atoms with Gasteiger partial charge in [-0.2, -0.15) is 36.0 Å². The van der Waals surface area contributed by atoms with E-state index in [1.807, 2.05) is 0 Å². The maximum absolute atomic E-state index is 13.6.